The Bertz CT molecular complexity index is 729. The molecular weight excluding hydrogens is 294 g/mol. The van der Waals surface area contributed by atoms with E-state index in [1.165, 1.54) is 6.33 Å². The minimum absolute atomic E-state index is 0.118. The smallest absolute Gasteiger partial charge is 0.268 e. The molecule has 0 radical (unpaired) electrons. The Hall–Kier alpha value is -2.50. The van der Waals surface area contributed by atoms with Crippen molar-refractivity contribution in [3.05, 3.63) is 29.5 Å². The first-order chi connectivity index (χ1) is 11.2. The van der Waals surface area contributed by atoms with E-state index < -0.39 is 0 Å². The molecule has 4 aliphatic rings. The first-order valence-corrected chi connectivity index (χ1v) is 7.78. The number of nitrogens with zero attached hydrogens (tertiary/aromatic N) is 3. The van der Waals surface area contributed by atoms with E-state index in [0.29, 0.717) is 17.0 Å². The van der Waals surface area contributed by atoms with Crippen molar-refractivity contribution < 1.29 is 9.59 Å². The highest BCUT2D eigenvalue weighted by molar-refractivity contribution is 6.04. The molecule has 3 saturated heterocycles. The molecule has 2 bridgehead atoms. The average molecular weight is 311 g/mol. The molecule has 1 amide bonds. The van der Waals surface area contributed by atoms with Crippen molar-refractivity contribution in [2.45, 2.75) is 24.8 Å². The molecule has 0 unspecified atom stereocenters. The predicted octanol–water partition coefficient (Wildman–Crippen LogP) is -0.0523. The van der Waals surface area contributed by atoms with Crippen LogP contribution >= 0.6 is 0 Å². The van der Waals surface area contributed by atoms with E-state index in [4.69, 9.17) is 0 Å². The number of hydrogen-bond donors (Lipinski definition) is 2. The van der Waals surface area contributed by atoms with Crippen molar-refractivity contribution in [3.63, 3.8) is 0 Å². The third-order valence-electron chi connectivity index (χ3n) is 4.98. The number of nitrogens with one attached hydrogen (secondary N) is 2. The van der Waals surface area contributed by atoms with Gasteiger partial charge in [-0.15, -0.1) is 0 Å². The quantitative estimate of drug-likeness (QED) is 0.745. The number of rotatable bonds is 2. The van der Waals surface area contributed by atoms with Gasteiger partial charge in [-0.25, -0.2) is 14.8 Å². The highest BCUT2D eigenvalue weighted by atomic mass is 16.2. The van der Waals surface area contributed by atoms with Gasteiger partial charge in [-0.2, -0.15) is 0 Å². The molecule has 0 aromatic carbocycles. The number of aromatic nitrogens is 2. The molecule has 2 N–H and O–H groups in total. The van der Waals surface area contributed by atoms with Gasteiger partial charge in [0.2, 0.25) is 0 Å². The zero-order valence-corrected chi connectivity index (χ0v) is 12.6. The molecule has 5 rings (SSSR count). The molecule has 1 aromatic rings. The number of carbonyl (C=O) groups excluding carboxylic acids is 2. The number of fused-ring (bicyclic) bond motifs is 4. The first-order valence-electron chi connectivity index (χ1n) is 7.78. The summed E-state index contributed by atoms with van der Waals surface area (Å²) in [5, 5.41) is 6.03. The lowest BCUT2D eigenvalue weighted by Crippen LogP contribution is -2.61. The first kappa shape index (κ1) is 14.1. The highest BCUT2D eigenvalue weighted by Gasteiger charge is 2.41. The SMILES string of the molecule is O=C=C1NC(C(=O)NC23CCN(CC2)CC3)=Cc2cncnc21. The molecule has 0 atom stereocenters. The largest absolute Gasteiger partial charge is 0.345 e. The van der Waals surface area contributed by atoms with Crippen LogP contribution < -0.4 is 10.6 Å². The fourth-order valence-corrected chi connectivity index (χ4v) is 3.56. The summed E-state index contributed by atoms with van der Waals surface area (Å²) < 4.78 is 0. The molecule has 4 aliphatic heterocycles. The molecule has 23 heavy (non-hydrogen) atoms. The fraction of sp³-hybridized carbons (Fsp3) is 0.438. The van der Waals surface area contributed by atoms with Gasteiger partial charge in [-0.05, 0) is 25.3 Å². The molecule has 118 valence electrons. The molecule has 7 nitrogen and oxygen atoms in total. The summed E-state index contributed by atoms with van der Waals surface area (Å²) in [6.45, 7) is 3.09. The summed E-state index contributed by atoms with van der Waals surface area (Å²) in [6.07, 6.45) is 7.56. The minimum atomic E-state index is -0.192. The lowest BCUT2D eigenvalue weighted by Gasteiger charge is -2.48. The van der Waals surface area contributed by atoms with Crippen molar-refractivity contribution >= 4 is 23.6 Å². The van der Waals surface area contributed by atoms with Gasteiger partial charge >= 0.3 is 0 Å². The minimum Gasteiger partial charge on any atom is -0.345 e. The summed E-state index contributed by atoms with van der Waals surface area (Å²) in [7, 11) is 0. The van der Waals surface area contributed by atoms with E-state index in [0.717, 1.165) is 38.9 Å². The van der Waals surface area contributed by atoms with Crippen molar-refractivity contribution in [1.29, 1.82) is 0 Å². The number of piperidine rings is 3. The lowest BCUT2D eigenvalue weighted by atomic mass is 9.80. The second-order valence-corrected chi connectivity index (χ2v) is 6.31. The van der Waals surface area contributed by atoms with Gasteiger partial charge in [0.05, 0.1) is 0 Å². The van der Waals surface area contributed by atoms with Gasteiger partial charge in [-0.1, -0.05) is 0 Å². The van der Waals surface area contributed by atoms with Crippen LogP contribution in [0.25, 0.3) is 11.8 Å². The van der Waals surface area contributed by atoms with Crippen LogP contribution in [0.2, 0.25) is 0 Å². The van der Waals surface area contributed by atoms with Crippen LogP contribution in [0.5, 0.6) is 0 Å². The number of carbonyl (C=O) groups is 1. The summed E-state index contributed by atoms with van der Waals surface area (Å²) in [4.78, 5) is 34.3. The van der Waals surface area contributed by atoms with Gasteiger partial charge in [0.25, 0.3) is 5.91 Å². The van der Waals surface area contributed by atoms with Crippen molar-refractivity contribution in [2.75, 3.05) is 19.6 Å². The van der Waals surface area contributed by atoms with E-state index in [2.05, 4.69) is 25.5 Å². The van der Waals surface area contributed by atoms with Gasteiger partial charge in [-0.3, -0.25) is 4.79 Å². The van der Waals surface area contributed by atoms with Gasteiger partial charge in [0.15, 0.2) is 11.6 Å². The molecular formula is C16H17N5O2. The molecule has 0 aliphatic carbocycles. The van der Waals surface area contributed by atoms with Gasteiger partial charge in [0, 0.05) is 36.9 Å². The van der Waals surface area contributed by atoms with Crippen LogP contribution in [0.3, 0.4) is 0 Å². The Balaban J connectivity index is 1.59. The molecule has 5 heterocycles. The number of hydrogen-bond acceptors (Lipinski definition) is 6. The Kier molecular flexibility index (Phi) is 3.25. The second kappa shape index (κ2) is 5.30. The topological polar surface area (TPSA) is 87.2 Å². The monoisotopic (exact) mass is 311 g/mol. The molecule has 7 heteroatoms. The zero-order chi connectivity index (χ0) is 15.9. The third kappa shape index (κ3) is 2.44. The van der Waals surface area contributed by atoms with Crippen LogP contribution in [0.1, 0.15) is 30.5 Å². The summed E-state index contributed by atoms with van der Waals surface area (Å²) in [5.74, 6) is 1.63. The summed E-state index contributed by atoms with van der Waals surface area (Å²) in [5.41, 5.74) is 1.51. The van der Waals surface area contributed by atoms with Crippen LogP contribution in [-0.2, 0) is 9.59 Å². The summed E-state index contributed by atoms with van der Waals surface area (Å²) >= 11 is 0. The summed E-state index contributed by atoms with van der Waals surface area (Å²) in [6, 6.07) is 0. The van der Waals surface area contributed by atoms with E-state index in [1.54, 1.807) is 12.3 Å². The third-order valence-corrected chi connectivity index (χ3v) is 4.98. The van der Waals surface area contributed by atoms with E-state index in [-0.39, 0.29) is 17.1 Å². The van der Waals surface area contributed by atoms with Crippen molar-refractivity contribution in [3.8, 4) is 0 Å². The van der Waals surface area contributed by atoms with Crippen molar-refractivity contribution in [1.82, 2.24) is 25.5 Å². The molecule has 3 fully saturated rings. The molecule has 0 spiro atoms. The van der Waals surface area contributed by atoms with Crippen LogP contribution in [0.4, 0.5) is 0 Å². The van der Waals surface area contributed by atoms with E-state index in [9.17, 15) is 9.59 Å². The Morgan fingerprint density at radius 1 is 1.30 bits per heavy atom. The van der Waals surface area contributed by atoms with E-state index in [1.807, 2.05) is 5.94 Å². The maximum atomic E-state index is 12.7. The fourth-order valence-electron chi connectivity index (χ4n) is 3.56. The molecule has 1 aromatic heterocycles. The van der Waals surface area contributed by atoms with E-state index >= 15 is 0 Å². The van der Waals surface area contributed by atoms with Crippen LogP contribution in [0.15, 0.2) is 18.2 Å². The van der Waals surface area contributed by atoms with Gasteiger partial charge in [0.1, 0.15) is 17.7 Å². The number of amides is 1. The van der Waals surface area contributed by atoms with Crippen molar-refractivity contribution in [2.24, 2.45) is 0 Å². The van der Waals surface area contributed by atoms with Crippen LogP contribution in [0, 0.1) is 0 Å². The normalized spacial score (nSPS) is 28.3. The zero-order valence-electron chi connectivity index (χ0n) is 12.6. The average Bonchev–Trinajstić information content (AvgIpc) is 2.62. The standard InChI is InChI=1S/C16H17N5O2/c22-9-13-14-11(8-17-10-18-14)7-12(19-13)15(23)20-16-1-4-21(5-2-16)6-3-16/h7-8,10,19H,1-6H2,(H,20,23). The molecule has 0 saturated carbocycles. The maximum absolute atomic E-state index is 12.7. The predicted molar refractivity (Wildman–Crippen MR) is 83.4 cm³/mol. The Morgan fingerprint density at radius 2 is 2.04 bits per heavy atom. The Labute approximate surface area is 133 Å². The Morgan fingerprint density at radius 3 is 2.74 bits per heavy atom. The van der Waals surface area contributed by atoms with Gasteiger partial charge < -0.3 is 15.5 Å². The highest BCUT2D eigenvalue weighted by Crippen LogP contribution is 2.32. The maximum Gasteiger partial charge on any atom is 0.268 e. The second-order valence-electron chi connectivity index (χ2n) is 6.31. The van der Waals surface area contributed by atoms with Crippen LogP contribution in [-0.4, -0.2) is 51.9 Å². The lowest BCUT2D eigenvalue weighted by molar-refractivity contribution is -0.121.